The molecule has 0 aliphatic carbocycles. The predicted octanol–water partition coefficient (Wildman–Crippen LogP) is 5.76. The molecule has 1 atom stereocenters. The standard InChI is InChI=1S/C31H32FN5O4/c1-4-41-27(40)19-25(39)18-24(38)15-17-37-29(26-14-16-33-31(35-26)34-23-8-6-5-7-9-23)28(36-30(37)20(2)3)21-10-12-22(32)13-11-21/h5-17,20,24,38H,4,18-19H2,1-3H3,(H,33,34,35)/b17-15+. The number of halogens is 1. The van der Waals surface area contributed by atoms with Crippen LogP contribution in [-0.2, 0) is 14.3 Å². The van der Waals surface area contributed by atoms with Crippen molar-refractivity contribution >= 4 is 29.6 Å². The second kappa shape index (κ2) is 13.6. The highest BCUT2D eigenvalue weighted by molar-refractivity contribution is 5.95. The highest BCUT2D eigenvalue weighted by atomic mass is 19.1. The molecule has 0 aliphatic rings. The maximum atomic E-state index is 13.8. The Kier molecular flexibility index (Phi) is 9.70. The minimum atomic E-state index is -1.15. The first kappa shape index (κ1) is 29.3. The molecule has 41 heavy (non-hydrogen) atoms. The molecule has 10 heteroatoms. The Morgan fingerprint density at radius 2 is 1.80 bits per heavy atom. The van der Waals surface area contributed by atoms with Gasteiger partial charge in [-0.1, -0.05) is 32.0 Å². The summed E-state index contributed by atoms with van der Waals surface area (Å²) in [6.07, 6.45) is 2.93. The third-order valence-corrected chi connectivity index (χ3v) is 6.04. The van der Waals surface area contributed by atoms with E-state index >= 15 is 0 Å². The van der Waals surface area contributed by atoms with Crippen molar-refractivity contribution in [3.63, 3.8) is 0 Å². The minimum Gasteiger partial charge on any atom is -0.466 e. The number of esters is 1. The molecular weight excluding hydrogens is 525 g/mol. The fourth-order valence-corrected chi connectivity index (χ4v) is 4.20. The average molecular weight is 558 g/mol. The zero-order valence-corrected chi connectivity index (χ0v) is 23.1. The largest absolute Gasteiger partial charge is 0.466 e. The normalized spacial score (nSPS) is 12.0. The van der Waals surface area contributed by atoms with E-state index in [0.29, 0.717) is 34.4 Å². The van der Waals surface area contributed by atoms with Gasteiger partial charge in [-0.25, -0.2) is 19.3 Å². The Bertz CT molecular complexity index is 1520. The van der Waals surface area contributed by atoms with E-state index in [9.17, 15) is 19.1 Å². The lowest BCUT2D eigenvalue weighted by Gasteiger charge is -2.12. The number of para-hydroxylation sites is 1. The van der Waals surface area contributed by atoms with Gasteiger partial charge >= 0.3 is 5.97 Å². The summed E-state index contributed by atoms with van der Waals surface area (Å²) in [5, 5.41) is 13.8. The molecule has 0 amide bonds. The van der Waals surface area contributed by atoms with Gasteiger partial charge in [0.25, 0.3) is 0 Å². The Hall–Kier alpha value is -4.70. The van der Waals surface area contributed by atoms with Crippen molar-refractivity contribution in [3.8, 4) is 22.6 Å². The van der Waals surface area contributed by atoms with Crippen LogP contribution in [0, 0.1) is 5.82 Å². The van der Waals surface area contributed by atoms with Crippen LogP contribution < -0.4 is 5.32 Å². The lowest BCUT2D eigenvalue weighted by Crippen LogP contribution is -2.16. The van der Waals surface area contributed by atoms with Gasteiger partial charge in [0.1, 0.15) is 23.8 Å². The van der Waals surface area contributed by atoms with E-state index in [-0.39, 0.29) is 24.8 Å². The Morgan fingerprint density at radius 1 is 1.07 bits per heavy atom. The first-order chi connectivity index (χ1) is 19.7. The van der Waals surface area contributed by atoms with E-state index in [4.69, 9.17) is 14.7 Å². The molecule has 0 radical (unpaired) electrons. The number of nitrogens with one attached hydrogen (secondary N) is 1. The number of carbonyl (C=O) groups excluding carboxylic acids is 2. The number of ether oxygens (including phenoxy) is 1. The number of aliphatic hydroxyl groups excluding tert-OH is 1. The Balaban J connectivity index is 1.75. The number of hydrogen-bond donors (Lipinski definition) is 2. The van der Waals surface area contributed by atoms with Crippen LogP contribution in [0.1, 0.15) is 45.4 Å². The number of hydrogen-bond acceptors (Lipinski definition) is 8. The van der Waals surface area contributed by atoms with Crippen LogP contribution in [0.5, 0.6) is 0 Å². The molecule has 0 saturated heterocycles. The van der Waals surface area contributed by atoms with Gasteiger partial charge in [-0.3, -0.25) is 9.59 Å². The number of anilines is 2. The van der Waals surface area contributed by atoms with Crippen LogP contribution >= 0.6 is 0 Å². The number of benzene rings is 2. The van der Waals surface area contributed by atoms with E-state index in [0.717, 1.165) is 5.69 Å². The van der Waals surface area contributed by atoms with Gasteiger partial charge in [0.15, 0.2) is 0 Å². The van der Waals surface area contributed by atoms with Crippen LogP contribution in [0.3, 0.4) is 0 Å². The molecular formula is C31H32FN5O4. The fraction of sp³-hybridized carbons (Fsp3) is 0.258. The predicted molar refractivity (Wildman–Crippen MR) is 155 cm³/mol. The van der Waals surface area contributed by atoms with Gasteiger partial charge < -0.3 is 19.7 Å². The molecule has 2 heterocycles. The molecule has 1 unspecified atom stereocenters. The maximum Gasteiger partial charge on any atom is 0.313 e. The number of aliphatic hydroxyl groups is 1. The summed E-state index contributed by atoms with van der Waals surface area (Å²) in [7, 11) is 0. The van der Waals surface area contributed by atoms with Gasteiger partial charge in [0, 0.05) is 36.0 Å². The molecule has 2 aromatic carbocycles. The van der Waals surface area contributed by atoms with Crippen molar-refractivity contribution in [2.24, 2.45) is 0 Å². The van der Waals surface area contributed by atoms with E-state index in [2.05, 4.69) is 10.3 Å². The second-order valence-corrected chi connectivity index (χ2v) is 9.59. The van der Waals surface area contributed by atoms with Crippen LogP contribution in [-0.4, -0.2) is 49.1 Å². The monoisotopic (exact) mass is 557 g/mol. The van der Waals surface area contributed by atoms with Gasteiger partial charge in [0.05, 0.1) is 29.8 Å². The van der Waals surface area contributed by atoms with Crippen molar-refractivity contribution in [2.45, 2.75) is 45.6 Å². The summed E-state index contributed by atoms with van der Waals surface area (Å²) in [5.74, 6) is -0.442. The Morgan fingerprint density at radius 3 is 2.49 bits per heavy atom. The molecule has 2 aromatic heterocycles. The van der Waals surface area contributed by atoms with E-state index in [1.54, 1.807) is 42.1 Å². The van der Waals surface area contributed by atoms with Crippen molar-refractivity contribution < 1.29 is 23.8 Å². The summed E-state index contributed by atoms with van der Waals surface area (Å²) in [6, 6.07) is 17.3. The van der Waals surface area contributed by atoms with Crippen LogP contribution in [0.25, 0.3) is 28.8 Å². The molecule has 9 nitrogen and oxygen atoms in total. The molecule has 4 aromatic rings. The van der Waals surface area contributed by atoms with Crippen LogP contribution in [0.2, 0.25) is 0 Å². The molecule has 4 rings (SSSR count). The summed E-state index contributed by atoms with van der Waals surface area (Å²) in [4.78, 5) is 37.9. The third kappa shape index (κ3) is 7.70. The molecule has 2 N–H and O–H groups in total. The lowest BCUT2D eigenvalue weighted by atomic mass is 10.1. The van der Waals surface area contributed by atoms with Crippen LogP contribution in [0.15, 0.2) is 72.9 Å². The van der Waals surface area contributed by atoms with Gasteiger partial charge in [-0.2, -0.15) is 0 Å². The topological polar surface area (TPSA) is 119 Å². The third-order valence-electron chi connectivity index (χ3n) is 6.04. The number of aromatic nitrogens is 4. The molecule has 0 saturated carbocycles. The second-order valence-electron chi connectivity index (χ2n) is 9.59. The molecule has 0 fully saturated rings. The molecule has 212 valence electrons. The lowest BCUT2D eigenvalue weighted by molar-refractivity contribution is -0.145. The first-order valence-corrected chi connectivity index (χ1v) is 13.3. The summed E-state index contributed by atoms with van der Waals surface area (Å²) < 4.78 is 20.4. The zero-order chi connectivity index (χ0) is 29.4. The highest BCUT2D eigenvalue weighted by Gasteiger charge is 2.23. The number of ketones is 1. The van der Waals surface area contributed by atoms with E-state index in [1.165, 1.54) is 18.2 Å². The number of rotatable bonds is 12. The molecule has 0 spiro atoms. The first-order valence-electron chi connectivity index (χ1n) is 13.3. The zero-order valence-electron chi connectivity index (χ0n) is 23.1. The minimum absolute atomic E-state index is 0.0426. The SMILES string of the molecule is CCOC(=O)CC(=O)CC(O)/C=C/n1c(C(C)C)nc(-c2ccc(F)cc2)c1-c1ccnc(Nc2ccccc2)n1. The summed E-state index contributed by atoms with van der Waals surface area (Å²) >= 11 is 0. The van der Waals surface area contributed by atoms with Gasteiger partial charge in [-0.05, 0) is 55.5 Å². The Labute approximate surface area is 237 Å². The molecule has 0 bridgehead atoms. The quantitative estimate of drug-likeness (QED) is 0.167. The molecule has 0 aliphatic heterocycles. The average Bonchev–Trinajstić information content (AvgIpc) is 3.33. The van der Waals surface area contributed by atoms with Gasteiger partial charge in [-0.15, -0.1) is 0 Å². The highest BCUT2D eigenvalue weighted by Crippen LogP contribution is 2.35. The van der Waals surface area contributed by atoms with Crippen molar-refractivity contribution in [2.75, 3.05) is 11.9 Å². The smallest absolute Gasteiger partial charge is 0.313 e. The maximum absolute atomic E-state index is 13.8. The van der Waals surface area contributed by atoms with Crippen molar-refractivity contribution in [3.05, 3.63) is 84.6 Å². The number of carbonyl (C=O) groups is 2. The fourth-order valence-electron chi connectivity index (χ4n) is 4.20. The number of Topliss-reactive ketones (excluding diaryl/α,β-unsaturated/α-hetero) is 1. The van der Waals surface area contributed by atoms with Gasteiger partial charge in [0.2, 0.25) is 5.95 Å². The summed E-state index contributed by atoms with van der Waals surface area (Å²) in [5.41, 5.74) is 3.19. The van der Waals surface area contributed by atoms with Crippen molar-refractivity contribution in [1.82, 2.24) is 19.5 Å². The summed E-state index contributed by atoms with van der Waals surface area (Å²) in [6.45, 7) is 5.80. The van der Waals surface area contributed by atoms with Crippen molar-refractivity contribution in [1.29, 1.82) is 0 Å². The van der Waals surface area contributed by atoms with Crippen LogP contribution in [0.4, 0.5) is 16.0 Å². The number of imidazole rings is 1. The number of nitrogens with zero attached hydrogens (tertiary/aromatic N) is 4. The van der Waals surface area contributed by atoms with E-state index in [1.807, 2.05) is 44.2 Å². The van der Waals surface area contributed by atoms with E-state index < -0.39 is 24.3 Å².